The van der Waals surface area contributed by atoms with Gasteiger partial charge in [-0.15, -0.1) is 0 Å². The number of ether oxygens (including phenoxy) is 2. The van der Waals surface area contributed by atoms with Crippen LogP contribution in [0.15, 0.2) is 101 Å². The molecule has 8 rings (SSSR count). The van der Waals surface area contributed by atoms with Crippen LogP contribution < -0.4 is 32.0 Å². The third-order valence-electron chi connectivity index (χ3n) is 9.60. The van der Waals surface area contributed by atoms with Gasteiger partial charge in [0.2, 0.25) is 0 Å². The van der Waals surface area contributed by atoms with Crippen LogP contribution in [0.2, 0.25) is 0 Å². The molecular formula is C41H39N9O10S. The molecule has 0 bridgehead atoms. The van der Waals surface area contributed by atoms with Gasteiger partial charge in [0, 0.05) is 20.1 Å². The van der Waals surface area contributed by atoms with Crippen molar-refractivity contribution in [3.8, 4) is 34.1 Å². The molecule has 0 aliphatic heterocycles. The van der Waals surface area contributed by atoms with E-state index in [1.54, 1.807) is 21.3 Å². The van der Waals surface area contributed by atoms with Crippen LogP contribution in [0.3, 0.4) is 0 Å². The molecule has 0 N–H and O–H groups in total. The van der Waals surface area contributed by atoms with Crippen molar-refractivity contribution in [2.75, 3.05) is 14.2 Å². The summed E-state index contributed by atoms with van der Waals surface area (Å²) in [4.78, 5) is 93.0. The Kier molecular flexibility index (Phi) is 12.2. The molecule has 19 nitrogen and oxygen atoms in total. The van der Waals surface area contributed by atoms with E-state index in [1.807, 2.05) is 48.5 Å². The number of aromatic nitrogens is 9. The van der Waals surface area contributed by atoms with E-state index in [-0.39, 0.29) is 66.2 Å². The Labute approximate surface area is 348 Å². The van der Waals surface area contributed by atoms with Crippen LogP contribution >= 0.6 is 11.3 Å². The lowest BCUT2D eigenvalue weighted by Crippen LogP contribution is -2.42. The second kappa shape index (κ2) is 17.8. The van der Waals surface area contributed by atoms with Crippen molar-refractivity contribution < 1.29 is 27.9 Å². The SMILES string of the molecule is COc1ccccc1CCn1c(=O)n(CC(C)=O)c(=O)c2c1nc(-c1ncco1)n2C.COc1ccccc1CCn1c(=O)n(CC(C)=O)c(=O)c2nc(-c3ncco3)sc21. The first kappa shape index (κ1) is 41.7. The standard InChI is InChI=1S/C21H21N5O5.C20H18N4O5S/c1-13(27)12-26-20(28)16-17(23-18(24(16)2)19-22-9-11-31-19)25(21(26)29)10-8-14-6-4-5-7-15(14)30-3;1-12(25)11-24-18(26)15-19(30-17(22-15)16-21-8-10-29-16)23(20(24)27)9-7-13-5-3-4-6-14(13)28-2/h4-7,9,11H,8,10,12H2,1-3H3;3-6,8,10H,7,9,11H2,1-2H3. The number of benzene rings is 2. The van der Waals surface area contributed by atoms with Crippen LogP contribution in [0.1, 0.15) is 25.0 Å². The normalized spacial score (nSPS) is 11.2. The monoisotopic (exact) mass is 849 g/mol. The fourth-order valence-corrected chi connectivity index (χ4v) is 7.81. The molecule has 0 aliphatic carbocycles. The number of aryl methyl sites for hydroxylation is 5. The van der Waals surface area contributed by atoms with Crippen molar-refractivity contribution in [3.05, 3.63) is 126 Å². The van der Waals surface area contributed by atoms with E-state index in [9.17, 15) is 28.8 Å². The molecule has 6 aromatic heterocycles. The molecule has 0 amide bonds. The molecule has 0 saturated heterocycles. The summed E-state index contributed by atoms with van der Waals surface area (Å²) in [6.45, 7) is 2.54. The highest BCUT2D eigenvalue weighted by molar-refractivity contribution is 7.21. The second-order valence-electron chi connectivity index (χ2n) is 13.7. The average molecular weight is 850 g/mol. The number of para-hydroxylation sites is 2. The van der Waals surface area contributed by atoms with Gasteiger partial charge >= 0.3 is 11.4 Å². The topological polar surface area (TPSA) is 223 Å². The first-order valence-corrected chi connectivity index (χ1v) is 19.6. The maximum absolute atomic E-state index is 13.2. The highest BCUT2D eigenvalue weighted by Gasteiger charge is 2.24. The maximum Gasteiger partial charge on any atom is 0.333 e. The molecule has 314 valence electrons. The fraction of sp³-hybridized carbons (Fsp3) is 0.268. The minimum atomic E-state index is -0.604. The molecule has 20 heteroatoms. The van der Waals surface area contributed by atoms with Crippen LogP contribution in [0, 0.1) is 0 Å². The van der Waals surface area contributed by atoms with Crippen LogP contribution in [0.4, 0.5) is 0 Å². The van der Waals surface area contributed by atoms with Gasteiger partial charge in [0.25, 0.3) is 22.9 Å². The van der Waals surface area contributed by atoms with Crippen LogP contribution in [0.5, 0.6) is 11.5 Å². The number of thiazole rings is 1. The first-order chi connectivity index (χ1) is 29.4. The fourth-order valence-electron chi connectivity index (χ4n) is 6.80. The van der Waals surface area contributed by atoms with E-state index >= 15 is 0 Å². The third kappa shape index (κ3) is 8.37. The Bertz CT molecular complexity index is 3130. The molecular weight excluding hydrogens is 811 g/mol. The van der Waals surface area contributed by atoms with Gasteiger partial charge in [-0.3, -0.25) is 37.4 Å². The van der Waals surface area contributed by atoms with E-state index in [1.165, 1.54) is 52.5 Å². The molecule has 0 atom stereocenters. The Morgan fingerprint density at radius 2 is 1.21 bits per heavy atom. The summed E-state index contributed by atoms with van der Waals surface area (Å²) in [6, 6.07) is 15.0. The molecule has 0 aliphatic rings. The van der Waals surface area contributed by atoms with Gasteiger partial charge in [0.05, 0.1) is 39.7 Å². The third-order valence-corrected chi connectivity index (χ3v) is 10.7. The molecule has 0 spiro atoms. The molecule has 61 heavy (non-hydrogen) atoms. The summed E-state index contributed by atoms with van der Waals surface area (Å²) < 4.78 is 27.6. The lowest BCUT2D eigenvalue weighted by molar-refractivity contribution is -0.118. The van der Waals surface area contributed by atoms with Crippen molar-refractivity contribution in [2.24, 2.45) is 7.05 Å². The largest absolute Gasteiger partial charge is 0.496 e. The number of imidazole rings is 1. The highest BCUT2D eigenvalue weighted by Crippen LogP contribution is 2.28. The number of carbonyl (C=O) groups excluding carboxylic acids is 2. The smallest absolute Gasteiger partial charge is 0.333 e. The number of hydrogen-bond donors (Lipinski definition) is 0. The quantitative estimate of drug-likeness (QED) is 0.153. The highest BCUT2D eigenvalue weighted by atomic mass is 32.1. The van der Waals surface area contributed by atoms with E-state index in [2.05, 4.69) is 19.9 Å². The molecule has 2 aromatic carbocycles. The number of oxazole rings is 2. The lowest BCUT2D eigenvalue weighted by atomic mass is 10.1. The Morgan fingerprint density at radius 3 is 1.75 bits per heavy atom. The zero-order chi connectivity index (χ0) is 43.4. The van der Waals surface area contributed by atoms with Crippen molar-refractivity contribution in [2.45, 2.75) is 52.9 Å². The van der Waals surface area contributed by atoms with Crippen LogP contribution in [-0.2, 0) is 55.7 Å². The summed E-state index contributed by atoms with van der Waals surface area (Å²) in [5.41, 5.74) is -0.0206. The zero-order valence-electron chi connectivity index (χ0n) is 33.7. The predicted octanol–water partition coefficient (Wildman–Crippen LogP) is 3.51. The molecule has 0 saturated carbocycles. The van der Waals surface area contributed by atoms with Crippen molar-refractivity contribution in [1.29, 1.82) is 0 Å². The van der Waals surface area contributed by atoms with Gasteiger partial charge in [-0.2, -0.15) is 0 Å². The summed E-state index contributed by atoms with van der Waals surface area (Å²) in [5, 5.41) is 0.387. The van der Waals surface area contributed by atoms with Gasteiger partial charge in [0.15, 0.2) is 27.5 Å². The molecule has 8 aromatic rings. The van der Waals surface area contributed by atoms with Crippen molar-refractivity contribution >= 4 is 44.4 Å². The minimum absolute atomic E-state index is 0.106. The zero-order valence-corrected chi connectivity index (χ0v) is 34.5. The molecule has 0 fully saturated rings. The van der Waals surface area contributed by atoms with Crippen molar-refractivity contribution in [3.63, 3.8) is 0 Å². The average Bonchev–Trinajstić information content (AvgIpc) is 4.09. The van der Waals surface area contributed by atoms with Gasteiger partial charge in [-0.25, -0.2) is 29.5 Å². The van der Waals surface area contributed by atoms with Gasteiger partial charge in [-0.05, 0) is 49.9 Å². The number of ketones is 2. The number of Topliss-reactive ketones (excluding diaryl/α,β-unsaturated/α-hetero) is 2. The maximum atomic E-state index is 13.2. The van der Waals surface area contributed by atoms with Crippen molar-refractivity contribution in [1.82, 2.24) is 42.8 Å². The number of rotatable bonds is 14. The number of hydrogen-bond acceptors (Lipinski definition) is 15. The number of carbonyl (C=O) groups is 2. The summed E-state index contributed by atoms with van der Waals surface area (Å²) in [6.07, 6.45) is 6.70. The second-order valence-corrected chi connectivity index (χ2v) is 14.7. The number of methoxy groups -OCH3 is 2. The first-order valence-electron chi connectivity index (χ1n) is 18.8. The van der Waals surface area contributed by atoms with Crippen LogP contribution in [-0.4, -0.2) is 68.6 Å². The Balaban J connectivity index is 0.000000184. The summed E-state index contributed by atoms with van der Waals surface area (Å²) in [7, 11) is 4.81. The van der Waals surface area contributed by atoms with E-state index in [0.717, 1.165) is 31.6 Å². The van der Waals surface area contributed by atoms with E-state index in [4.69, 9.17) is 18.3 Å². The van der Waals surface area contributed by atoms with E-state index < -0.39 is 22.5 Å². The summed E-state index contributed by atoms with van der Waals surface area (Å²) >= 11 is 1.15. The predicted molar refractivity (Wildman–Crippen MR) is 223 cm³/mol. The van der Waals surface area contributed by atoms with Crippen LogP contribution in [0.25, 0.3) is 44.1 Å². The minimum Gasteiger partial charge on any atom is -0.496 e. The van der Waals surface area contributed by atoms with Gasteiger partial charge in [-0.1, -0.05) is 47.7 Å². The lowest BCUT2D eigenvalue weighted by Gasteiger charge is -2.12. The Morgan fingerprint density at radius 1 is 0.689 bits per heavy atom. The molecule has 6 heterocycles. The van der Waals surface area contributed by atoms with E-state index in [0.29, 0.717) is 40.0 Å². The molecule has 0 unspecified atom stereocenters. The van der Waals surface area contributed by atoms with Gasteiger partial charge in [0.1, 0.15) is 40.4 Å². The number of nitrogens with zero attached hydrogens (tertiary/aromatic N) is 9. The molecule has 0 radical (unpaired) electrons. The van der Waals surface area contributed by atoms with Gasteiger partial charge < -0.3 is 22.9 Å². The summed E-state index contributed by atoms with van der Waals surface area (Å²) in [5.74, 6) is 1.60. The Hall–Kier alpha value is -7.48. The number of fused-ring (bicyclic) bond motifs is 2.